The molecule has 0 bridgehead atoms. The predicted molar refractivity (Wildman–Crippen MR) is 89.6 cm³/mol. The first-order valence-electron chi connectivity index (χ1n) is 6.57. The Morgan fingerprint density at radius 3 is 2.17 bits per heavy atom. The fourth-order valence-electron chi connectivity index (χ4n) is 2.17. The Kier molecular flexibility index (Phi) is 4.23. The highest BCUT2D eigenvalue weighted by molar-refractivity contribution is 6.36. The second-order valence-corrected chi connectivity index (χ2v) is 5.53. The summed E-state index contributed by atoms with van der Waals surface area (Å²) in [6, 6.07) is 11.2. The Balaban J connectivity index is 2.12. The zero-order valence-electron chi connectivity index (χ0n) is 11.6. The second kappa shape index (κ2) is 6.32. The van der Waals surface area contributed by atoms with E-state index in [2.05, 4.69) is 9.97 Å². The van der Waals surface area contributed by atoms with Crippen LogP contribution in [0.3, 0.4) is 0 Å². The van der Waals surface area contributed by atoms with E-state index in [0.717, 1.165) is 0 Å². The van der Waals surface area contributed by atoms with Gasteiger partial charge in [-0.15, -0.1) is 0 Å². The number of hydrogen-bond acceptors (Lipinski definition) is 4. The second-order valence-electron chi connectivity index (χ2n) is 4.68. The van der Waals surface area contributed by atoms with Crippen molar-refractivity contribution in [1.29, 1.82) is 0 Å². The number of nitro benzene ring substituents is 1. The summed E-state index contributed by atoms with van der Waals surface area (Å²) < 4.78 is 0. The Labute approximate surface area is 141 Å². The lowest BCUT2D eigenvalue weighted by molar-refractivity contribution is -0.384. The summed E-state index contributed by atoms with van der Waals surface area (Å²) >= 11 is 12.2. The molecule has 5 nitrogen and oxygen atoms in total. The molecule has 0 radical (unpaired) electrons. The molecule has 23 heavy (non-hydrogen) atoms. The molecule has 0 aliphatic heterocycles. The largest absolute Gasteiger partial charge is 0.269 e. The number of benzene rings is 2. The molecular weight excluding hydrogens is 337 g/mol. The molecule has 0 amide bonds. The van der Waals surface area contributed by atoms with Crippen molar-refractivity contribution in [2.45, 2.75) is 0 Å². The predicted octanol–water partition coefficient (Wildman–Crippen LogP) is 5.03. The molecular formula is C16H9Cl2N3O2. The number of aromatic nitrogens is 2. The molecule has 2 aromatic carbocycles. The van der Waals surface area contributed by atoms with E-state index >= 15 is 0 Å². The van der Waals surface area contributed by atoms with E-state index in [4.69, 9.17) is 23.2 Å². The van der Waals surface area contributed by atoms with Gasteiger partial charge in [0, 0.05) is 40.7 Å². The number of nitro groups is 1. The van der Waals surface area contributed by atoms with Gasteiger partial charge in [-0.2, -0.15) is 0 Å². The van der Waals surface area contributed by atoms with E-state index in [9.17, 15) is 10.1 Å². The van der Waals surface area contributed by atoms with Crippen LogP contribution in [-0.4, -0.2) is 14.9 Å². The van der Waals surface area contributed by atoms with Crippen LogP contribution in [0.2, 0.25) is 10.0 Å². The van der Waals surface area contributed by atoms with Crippen molar-refractivity contribution >= 4 is 28.9 Å². The van der Waals surface area contributed by atoms with Crippen molar-refractivity contribution < 1.29 is 4.92 Å². The summed E-state index contributed by atoms with van der Waals surface area (Å²) in [5, 5.41) is 11.7. The first kappa shape index (κ1) is 15.4. The Bertz CT molecular complexity index is 883. The first-order valence-corrected chi connectivity index (χ1v) is 7.33. The van der Waals surface area contributed by atoms with Crippen LogP contribution in [0.25, 0.3) is 22.5 Å². The van der Waals surface area contributed by atoms with E-state index in [0.29, 0.717) is 32.6 Å². The van der Waals surface area contributed by atoms with Crippen LogP contribution in [0.4, 0.5) is 5.69 Å². The van der Waals surface area contributed by atoms with Crippen LogP contribution in [0, 0.1) is 10.1 Å². The minimum atomic E-state index is -0.447. The average Bonchev–Trinajstić information content (AvgIpc) is 2.55. The summed E-state index contributed by atoms with van der Waals surface area (Å²) in [6.45, 7) is 0. The first-order chi connectivity index (χ1) is 11.1. The Morgan fingerprint density at radius 1 is 0.913 bits per heavy atom. The molecule has 1 heterocycles. The zero-order chi connectivity index (χ0) is 16.4. The Hall–Kier alpha value is -2.50. The van der Waals surface area contributed by atoms with Crippen molar-refractivity contribution in [3.05, 3.63) is 75.0 Å². The summed E-state index contributed by atoms with van der Waals surface area (Å²) in [7, 11) is 0. The van der Waals surface area contributed by atoms with Crippen molar-refractivity contribution in [2.24, 2.45) is 0 Å². The van der Waals surface area contributed by atoms with Crippen LogP contribution >= 0.6 is 23.2 Å². The average molecular weight is 346 g/mol. The maximum absolute atomic E-state index is 10.8. The van der Waals surface area contributed by atoms with Crippen LogP contribution in [-0.2, 0) is 0 Å². The van der Waals surface area contributed by atoms with Crippen LogP contribution in [0.1, 0.15) is 0 Å². The number of nitrogens with zero attached hydrogens (tertiary/aromatic N) is 3. The van der Waals surface area contributed by atoms with Crippen molar-refractivity contribution in [3.8, 4) is 22.5 Å². The minimum Gasteiger partial charge on any atom is -0.258 e. The molecule has 114 valence electrons. The van der Waals surface area contributed by atoms with Gasteiger partial charge in [0.1, 0.15) is 0 Å². The molecule has 0 fully saturated rings. The van der Waals surface area contributed by atoms with Crippen molar-refractivity contribution in [1.82, 2.24) is 9.97 Å². The van der Waals surface area contributed by atoms with Gasteiger partial charge in [0.15, 0.2) is 0 Å². The molecule has 0 saturated carbocycles. The molecule has 3 aromatic rings. The molecule has 3 rings (SSSR count). The van der Waals surface area contributed by atoms with Crippen LogP contribution in [0.5, 0.6) is 0 Å². The van der Waals surface area contributed by atoms with Gasteiger partial charge in [0.2, 0.25) is 0 Å². The summed E-state index contributed by atoms with van der Waals surface area (Å²) in [4.78, 5) is 19.0. The number of hydrogen-bond donors (Lipinski definition) is 0. The van der Waals surface area contributed by atoms with E-state index in [1.54, 1.807) is 42.7 Å². The van der Waals surface area contributed by atoms with E-state index in [1.807, 2.05) is 0 Å². The standard InChI is InChI=1S/C16H9Cl2N3O2/c17-11-3-6-13(14(18)9-11)16-15(19-7-8-20-16)10-1-4-12(5-2-10)21(22)23/h1-9H. The summed E-state index contributed by atoms with van der Waals surface area (Å²) in [5.74, 6) is 0. The molecule has 1 aromatic heterocycles. The smallest absolute Gasteiger partial charge is 0.258 e. The molecule has 0 N–H and O–H groups in total. The van der Waals surface area contributed by atoms with Gasteiger partial charge in [0.25, 0.3) is 5.69 Å². The fraction of sp³-hybridized carbons (Fsp3) is 0. The molecule has 0 aliphatic rings. The van der Waals surface area contributed by atoms with Crippen LogP contribution in [0.15, 0.2) is 54.9 Å². The third-order valence-electron chi connectivity index (χ3n) is 3.24. The molecule has 0 spiro atoms. The van der Waals surface area contributed by atoms with E-state index in [-0.39, 0.29) is 5.69 Å². The van der Waals surface area contributed by atoms with Crippen molar-refractivity contribution in [3.63, 3.8) is 0 Å². The van der Waals surface area contributed by atoms with Gasteiger partial charge in [0.05, 0.1) is 21.3 Å². The normalized spacial score (nSPS) is 10.5. The molecule has 7 heteroatoms. The lowest BCUT2D eigenvalue weighted by Gasteiger charge is -2.09. The minimum absolute atomic E-state index is 0.0173. The SMILES string of the molecule is O=[N+]([O-])c1ccc(-c2nccnc2-c2ccc(Cl)cc2Cl)cc1. The monoisotopic (exact) mass is 345 g/mol. The lowest BCUT2D eigenvalue weighted by atomic mass is 10.0. The maximum Gasteiger partial charge on any atom is 0.269 e. The topological polar surface area (TPSA) is 68.9 Å². The molecule has 0 atom stereocenters. The van der Waals surface area contributed by atoms with Crippen molar-refractivity contribution in [2.75, 3.05) is 0 Å². The van der Waals surface area contributed by atoms with Gasteiger partial charge in [-0.3, -0.25) is 20.1 Å². The Morgan fingerprint density at radius 2 is 1.57 bits per heavy atom. The third-order valence-corrected chi connectivity index (χ3v) is 3.78. The highest BCUT2D eigenvalue weighted by atomic mass is 35.5. The number of halogens is 2. The summed E-state index contributed by atoms with van der Waals surface area (Å²) in [5.41, 5.74) is 2.60. The molecule has 0 unspecified atom stereocenters. The third kappa shape index (κ3) is 3.16. The van der Waals surface area contributed by atoms with Gasteiger partial charge in [-0.1, -0.05) is 23.2 Å². The maximum atomic E-state index is 10.8. The molecule has 0 aliphatic carbocycles. The van der Waals surface area contributed by atoms with Gasteiger partial charge >= 0.3 is 0 Å². The number of non-ortho nitro benzene ring substituents is 1. The summed E-state index contributed by atoms with van der Waals surface area (Å²) in [6.07, 6.45) is 3.12. The highest BCUT2D eigenvalue weighted by Crippen LogP contribution is 2.34. The van der Waals surface area contributed by atoms with E-state index < -0.39 is 4.92 Å². The molecule has 0 saturated heterocycles. The lowest BCUT2D eigenvalue weighted by Crippen LogP contribution is -1.94. The quantitative estimate of drug-likeness (QED) is 0.493. The number of rotatable bonds is 3. The van der Waals surface area contributed by atoms with E-state index in [1.165, 1.54) is 12.1 Å². The van der Waals surface area contributed by atoms with Crippen LogP contribution < -0.4 is 0 Å². The fourth-order valence-corrected chi connectivity index (χ4v) is 2.67. The highest BCUT2D eigenvalue weighted by Gasteiger charge is 2.14. The zero-order valence-corrected chi connectivity index (χ0v) is 13.1. The van der Waals surface area contributed by atoms with Gasteiger partial charge < -0.3 is 0 Å². The van der Waals surface area contributed by atoms with Gasteiger partial charge in [-0.25, -0.2) is 0 Å². The van der Waals surface area contributed by atoms with Gasteiger partial charge in [-0.05, 0) is 30.3 Å².